The summed E-state index contributed by atoms with van der Waals surface area (Å²) in [6.45, 7) is 5.84. The van der Waals surface area contributed by atoms with Crippen LogP contribution in [0.15, 0.2) is 23.6 Å². The number of hydrogen-bond donors (Lipinski definition) is 0. The van der Waals surface area contributed by atoms with E-state index in [-0.39, 0.29) is 0 Å². The molecule has 1 unspecified atom stereocenters. The van der Waals surface area contributed by atoms with Crippen LogP contribution in [0, 0.1) is 13.8 Å². The van der Waals surface area contributed by atoms with E-state index < -0.39 is 0 Å². The zero-order chi connectivity index (χ0) is 16.2. The Balaban J connectivity index is 1.53. The van der Waals surface area contributed by atoms with E-state index in [9.17, 15) is 4.79 Å². The van der Waals surface area contributed by atoms with Crippen molar-refractivity contribution in [3.8, 4) is 0 Å². The van der Waals surface area contributed by atoms with Crippen LogP contribution in [0.4, 0.5) is 0 Å². The molecule has 0 bridgehead atoms. The van der Waals surface area contributed by atoms with Gasteiger partial charge in [0.05, 0.1) is 18.3 Å². The lowest BCUT2D eigenvalue weighted by atomic mass is 10.1. The highest BCUT2D eigenvalue weighted by Gasteiger charge is 2.29. The van der Waals surface area contributed by atoms with E-state index in [1.54, 1.807) is 11.3 Å². The number of carbonyl (C=O) groups excluding carboxylic acids is 1. The molecule has 0 spiro atoms. The van der Waals surface area contributed by atoms with Gasteiger partial charge < -0.3 is 4.90 Å². The Morgan fingerprint density at radius 1 is 1.43 bits per heavy atom. The lowest BCUT2D eigenvalue weighted by Gasteiger charge is -2.25. The molecule has 1 atom stereocenters. The highest BCUT2D eigenvalue weighted by molar-refractivity contribution is 7.09. The maximum Gasteiger partial charge on any atom is 0.222 e. The molecule has 1 aliphatic heterocycles. The maximum absolute atomic E-state index is 12.6. The third-order valence-electron chi connectivity index (χ3n) is 4.58. The number of carbonyl (C=O) groups is 1. The second kappa shape index (κ2) is 7.30. The van der Waals surface area contributed by atoms with Crippen molar-refractivity contribution in [1.82, 2.24) is 14.7 Å². The number of likely N-dealkylation sites (tertiary alicyclic amines) is 1. The Morgan fingerprint density at radius 2 is 2.30 bits per heavy atom. The average Bonchev–Trinajstić information content (AvgIpc) is 3.22. The van der Waals surface area contributed by atoms with Gasteiger partial charge in [0, 0.05) is 23.5 Å². The van der Waals surface area contributed by atoms with Gasteiger partial charge in [0.15, 0.2) is 0 Å². The second-order valence-electron chi connectivity index (χ2n) is 6.43. The number of aromatic nitrogens is 2. The molecule has 4 nitrogen and oxygen atoms in total. The number of aryl methyl sites for hydroxylation is 3. The smallest absolute Gasteiger partial charge is 0.222 e. The number of rotatable bonds is 6. The molecule has 0 N–H and O–H groups in total. The molecule has 2 aromatic rings. The summed E-state index contributed by atoms with van der Waals surface area (Å²) in [7, 11) is 0. The maximum atomic E-state index is 12.6. The standard InChI is InChI=1S/C18H25N3OS/c1-14-12-15(2)21(19-14)13-16-6-4-10-20(16)18(22)9-3-7-17-8-5-11-23-17/h5,8,11-12,16H,3-4,6-7,9-10,13H2,1-2H3. The molecule has 1 fully saturated rings. The van der Waals surface area contributed by atoms with E-state index in [0.717, 1.165) is 44.5 Å². The predicted molar refractivity (Wildman–Crippen MR) is 93.7 cm³/mol. The summed E-state index contributed by atoms with van der Waals surface area (Å²) in [5, 5.41) is 6.64. The monoisotopic (exact) mass is 331 g/mol. The van der Waals surface area contributed by atoms with E-state index in [0.29, 0.717) is 18.4 Å². The zero-order valence-electron chi connectivity index (χ0n) is 14.0. The van der Waals surface area contributed by atoms with Crippen LogP contribution < -0.4 is 0 Å². The van der Waals surface area contributed by atoms with Crippen molar-refractivity contribution < 1.29 is 4.79 Å². The van der Waals surface area contributed by atoms with E-state index in [1.807, 2.05) is 6.92 Å². The van der Waals surface area contributed by atoms with Gasteiger partial charge in [-0.15, -0.1) is 11.3 Å². The lowest BCUT2D eigenvalue weighted by Crippen LogP contribution is -2.38. The summed E-state index contributed by atoms with van der Waals surface area (Å²) < 4.78 is 2.05. The molecule has 0 saturated carbocycles. The highest BCUT2D eigenvalue weighted by atomic mass is 32.1. The predicted octanol–water partition coefficient (Wildman–Crippen LogP) is 3.58. The van der Waals surface area contributed by atoms with Crippen LogP contribution in [0.5, 0.6) is 0 Å². The number of nitrogens with zero attached hydrogens (tertiary/aromatic N) is 3. The molecular formula is C18H25N3OS. The summed E-state index contributed by atoms with van der Waals surface area (Å²) >= 11 is 1.78. The first kappa shape index (κ1) is 16.2. The SMILES string of the molecule is Cc1cc(C)n(CC2CCCN2C(=O)CCCc2cccs2)n1. The molecular weight excluding hydrogens is 306 g/mol. The van der Waals surface area contributed by atoms with Crippen molar-refractivity contribution in [1.29, 1.82) is 0 Å². The third kappa shape index (κ3) is 4.02. The fraction of sp³-hybridized carbons (Fsp3) is 0.556. The van der Waals surface area contributed by atoms with Crippen LogP contribution in [0.3, 0.4) is 0 Å². The highest BCUT2D eigenvalue weighted by Crippen LogP contribution is 2.21. The minimum atomic E-state index is 0.308. The molecule has 23 heavy (non-hydrogen) atoms. The molecule has 1 saturated heterocycles. The summed E-state index contributed by atoms with van der Waals surface area (Å²) in [6, 6.07) is 6.63. The Bertz CT molecular complexity index is 647. The third-order valence-corrected chi connectivity index (χ3v) is 5.51. The summed E-state index contributed by atoms with van der Waals surface area (Å²) in [4.78, 5) is 16.0. The number of hydrogen-bond acceptors (Lipinski definition) is 3. The number of thiophene rings is 1. The van der Waals surface area contributed by atoms with E-state index in [2.05, 4.69) is 45.2 Å². The summed E-state index contributed by atoms with van der Waals surface area (Å²) in [5.41, 5.74) is 2.23. The topological polar surface area (TPSA) is 38.1 Å². The molecule has 124 valence electrons. The first-order chi connectivity index (χ1) is 11.1. The van der Waals surface area contributed by atoms with Gasteiger partial charge in [-0.05, 0) is 57.0 Å². The quantitative estimate of drug-likeness (QED) is 0.811. The molecule has 0 aromatic carbocycles. The first-order valence-electron chi connectivity index (χ1n) is 8.46. The molecule has 0 radical (unpaired) electrons. The van der Waals surface area contributed by atoms with Gasteiger partial charge in [-0.1, -0.05) is 6.07 Å². The molecule has 3 heterocycles. The minimum absolute atomic E-state index is 0.308. The van der Waals surface area contributed by atoms with Gasteiger partial charge in [-0.2, -0.15) is 5.10 Å². The van der Waals surface area contributed by atoms with Crippen LogP contribution >= 0.6 is 11.3 Å². The van der Waals surface area contributed by atoms with E-state index in [4.69, 9.17) is 0 Å². The molecule has 2 aromatic heterocycles. The van der Waals surface area contributed by atoms with Crippen molar-refractivity contribution in [2.24, 2.45) is 0 Å². The second-order valence-corrected chi connectivity index (χ2v) is 7.46. The van der Waals surface area contributed by atoms with Gasteiger partial charge in [0.1, 0.15) is 0 Å². The number of amides is 1. The van der Waals surface area contributed by atoms with Crippen LogP contribution in [0.25, 0.3) is 0 Å². The summed E-state index contributed by atoms with van der Waals surface area (Å²) in [5.74, 6) is 0.311. The van der Waals surface area contributed by atoms with Gasteiger partial charge in [0.2, 0.25) is 5.91 Å². The first-order valence-corrected chi connectivity index (χ1v) is 9.34. The van der Waals surface area contributed by atoms with Gasteiger partial charge >= 0.3 is 0 Å². The Kier molecular flexibility index (Phi) is 5.16. The Hall–Kier alpha value is -1.62. The molecule has 1 aliphatic rings. The van der Waals surface area contributed by atoms with Gasteiger partial charge in [-0.3, -0.25) is 9.48 Å². The van der Waals surface area contributed by atoms with Crippen molar-refractivity contribution in [2.45, 2.75) is 58.5 Å². The van der Waals surface area contributed by atoms with Gasteiger partial charge in [-0.25, -0.2) is 0 Å². The van der Waals surface area contributed by atoms with Crippen molar-refractivity contribution >= 4 is 17.2 Å². The van der Waals surface area contributed by atoms with Gasteiger partial charge in [0.25, 0.3) is 0 Å². The molecule has 0 aliphatic carbocycles. The molecule has 5 heteroatoms. The fourth-order valence-corrected chi connectivity index (χ4v) is 4.18. The van der Waals surface area contributed by atoms with E-state index >= 15 is 0 Å². The van der Waals surface area contributed by atoms with Crippen LogP contribution in [-0.2, 0) is 17.8 Å². The summed E-state index contributed by atoms with van der Waals surface area (Å²) in [6.07, 6.45) is 4.82. The lowest BCUT2D eigenvalue weighted by molar-refractivity contribution is -0.132. The average molecular weight is 331 g/mol. The Labute approximate surface area is 142 Å². The zero-order valence-corrected chi connectivity index (χ0v) is 14.8. The van der Waals surface area contributed by atoms with Crippen molar-refractivity contribution in [2.75, 3.05) is 6.54 Å². The van der Waals surface area contributed by atoms with Crippen LogP contribution in [0.2, 0.25) is 0 Å². The Morgan fingerprint density at radius 3 is 3.00 bits per heavy atom. The normalized spacial score (nSPS) is 17.8. The minimum Gasteiger partial charge on any atom is -0.338 e. The molecule has 1 amide bonds. The van der Waals surface area contributed by atoms with E-state index in [1.165, 1.54) is 10.6 Å². The fourth-order valence-electron chi connectivity index (χ4n) is 3.43. The molecule has 3 rings (SSSR count). The van der Waals surface area contributed by atoms with Crippen LogP contribution in [-0.4, -0.2) is 33.2 Å². The van der Waals surface area contributed by atoms with Crippen LogP contribution in [0.1, 0.15) is 41.9 Å². The van der Waals surface area contributed by atoms with Crippen molar-refractivity contribution in [3.63, 3.8) is 0 Å². The van der Waals surface area contributed by atoms with Crippen molar-refractivity contribution in [3.05, 3.63) is 39.8 Å². The largest absolute Gasteiger partial charge is 0.338 e.